The van der Waals surface area contributed by atoms with Crippen molar-refractivity contribution in [2.24, 2.45) is 0 Å². The molecular weight excluding hydrogens is 186 g/mol. The molecule has 5 nitrogen and oxygen atoms in total. The molecule has 0 saturated carbocycles. The Morgan fingerprint density at radius 2 is 2.29 bits per heavy atom. The minimum Gasteiger partial charge on any atom is -0.481 e. The molecule has 14 heavy (non-hydrogen) atoms. The number of alkyl carbamates (subject to hydrolysis) is 1. The van der Waals surface area contributed by atoms with Crippen molar-refractivity contribution in [3.63, 3.8) is 0 Å². The van der Waals surface area contributed by atoms with Crippen molar-refractivity contribution >= 4 is 12.1 Å². The number of carboxylic acids is 1. The molecule has 0 heterocycles. The molecule has 0 radical (unpaired) electrons. The van der Waals surface area contributed by atoms with Gasteiger partial charge in [-0.1, -0.05) is 19.6 Å². The fourth-order valence-corrected chi connectivity index (χ4v) is 0.851. The van der Waals surface area contributed by atoms with Crippen LogP contribution in [0.4, 0.5) is 4.79 Å². The predicted octanol–water partition coefficient (Wildman–Crippen LogP) is 1.15. The summed E-state index contributed by atoms with van der Waals surface area (Å²) in [4.78, 5) is 21.3. The van der Waals surface area contributed by atoms with E-state index in [4.69, 9.17) is 5.11 Å². The summed E-state index contributed by atoms with van der Waals surface area (Å²) < 4.78 is 4.64. The van der Waals surface area contributed by atoms with E-state index in [9.17, 15) is 9.59 Å². The van der Waals surface area contributed by atoms with Gasteiger partial charge in [-0.2, -0.15) is 0 Å². The van der Waals surface area contributed by atoms with Gasteiger partial charge in [0.05, 0.1) is 6.42 Å². The van der Waals surface area contributed by atoms with Crippen LogP contribution in [0.3, 0.4) is 0 Å². The highest BCUT2D eigenvalue weighted by atomic mass is 16.5. The summed E-state index contributed by atoms with van der Waals surface area (Å²) in [7, 11) is 0. The summed E-state index contributed by atoms with van der Waals surface area (Å²) in [5.41, 5.74) is 0. The number of carbonyl (C=O) groups excluding carboxylic acids is 1. The summed E-state index contributed by atoms with van der Waals surface area (Å²) in [5.74, 6) is -0.944. The van der Waals surface area contributed by atoms with Gasteiger partial charge in [-0.3, -0.25) is 4.79 Å². The van der Waals surface area contributed by atoms with E-state index < -0.39 is 12.1 Å². The molecule has 5 heteroatoms. The molecule has 1 amide bonds. The van der Waals surface area contributed by atoms with Gasteiger partial charge in [-0.05, 0) is 6.42 Å². The predicted molar refractivity (Wildman–Crippen MR) is 51.0 cm³/mol. The van der Waals surface area contributed by atoms with Crippen LogP contribution in [0, 0.1) is 0 Å². The van der Waals surface area contributed by atoms with Crippen LogP contribution in [-0.2, 0) is 9.53 Å². The van der Waals surface area contributed by atoms with E-state index in [1.54, 1.807) is 6.92 Å². The summed E-state index contributed by atoms with van der Waals surface area (Å²) in [6, 6.07) is -0.384. The molecule has 0 aliphatic carbocycles. The standard InChI is InChI=1S/C9H15NO4/c1-3-5-14-9(13)10-7(4-2)6-8(11)12/h3,7H,1,4-6H2,2H3,(H,10,13)(H,11,12)/t7-/m0/s1. The number of aliphatic carboxylic acids is 1. The third-order valence-corrected chi connectivity index (χ3v) is 1.57. The van der Waals surface area contributed by atoms with Crippen molar-refractivity contribution < 1.29 is 19.4 Å². The summed E-state index contributed by atoms with van der Waals surface area (Å²) in [6.45, 7) is 5.29. The molecule has 0 aromatic carbocycles. The Kier molecular flexibility index (Phi) is 6.19. The van der Waals surface area contributed by atoms with Crippen LogP contribution in [0.5, 0.6) is 0 Å². The van der Waals surface area contributed by atoms with Crippen molar-refractivity contribution in [1.82, 2.24) is 5.32 Å². The molecule has 0 unspecified atom stereocenters. The van der Waals surface area contributed by atoms with Gasteiger partial charge < -0.3 is 15.2 Å². The zero-order valence-electron chi connectivity index (χ0n) is 8.16. The Hall–Kier alpha value is -1.52. The molecule has 0 aromatic heterocycles. The molecular formula is C9H15NO4. The van der Waals surface area contributed by atoms with E-state index in [1.807, 2.05) is 0 Å². The summed E-state index contributed by atoms with van der Waals surface area (Å²) >= 11 is 0. The van der Waals surface area contributed by atoms with Gasteiger partial charge in [-0.15, -0.1) is 0 Å². The summed E-state index contributed by atoms with van der Waals surface area (Å²) in [5, 5.41) is 10.9. The van der Waals surface area contributed by atoms with Gasteiger partial charge in [0.15, 0.2) is 0 Å². The minimum atomic E-state index is -0.944. The molecule has 0 spiro atoms. The van der Waals surface area contributed by atoms with Crippen LogP contribution < -0.4 is 5.32 Å². The highest BCUT2D eigenvalue weighted by molar-refractivity contribution is 5.71. The monoisotopic (exact) mass is 201 g/mol. The third kappa shape index (κ3) is 6.05. The largest absolute Gasteiger partial charge is 0.481 e. The van der Waals surface area contributed by atoms with Crippen LogP contribution in [0.1, 0.15) is 19.8 Å². The van der Waals surface area contributed by atoms with E-state index in [0.29, 0.717) is 6.42 Å². The van der Waals surface area contributed by atoms with Gasteiger partial charge in [0.2, 0.25) is 0 Å². The fraction of sp³-hybridized carbons (Fsp3) is 0.556. The molecule has 0 saturated heterocycles. The topological polar surface area (TPSA) is 75.6 Å². The average Bonchev–Trinajstić information content (AvgIpc) is 2.12. The van der Waals surface area contributed by atoms with Gasteiger partial charge in [0.1, 0.15) is 6.61 Å². The van der Waals surface area contributed by atoms with E-state index in [1.165, 1.54) is 6.08 Å². The minimum absolute atomic E-state index is 0.0975. The van der Waals surface area contributed by atoms with Crippen molar-refractivity contribution in [1.29, 1.82) is 0 Å². The Balaban J connectivity index is 3.85. The molecule has 1 atom stereocenters. The second-order valence-electron chi connectivity index (χ2n) is 2.73. The van der Waals surface area contributed by atoms with E-state index >= 15 is 0 Å². The van der Waals surface area contributed by atoms with Crippen LogP contribution in [-0.4, -0.2) is 29.8 Å². The number of carbonyl (C=O) groups is 2. The maximum atomic E-state index is 11.0. The zero-order valence-corrected chi connectivity index (χ0v) is 8.16. The smallest absolute Gasteiger partial charge is 0.407 e. The van der Waals surface area contributed by atoms with E-state index in [2.05, 4.69) is 16.6 Å². The Bertz CT molecular complexity index is 215. The van der Waals surface area contributed by atoms with Gasteiger partial charge in [-0.25, -0.2) is 4.79 Å². The van der Waals surface area contributed by atoms with Gasteiger partial charge in [0.25, 0.3) is 0 Å². The number of rotatable bonds is 6. The maximum Gasteiger partial charge on any atom is 0.407 e. The molecule has 0 rings (SSSR count). The Morgan fingerprint density at radius 1 is 1.64 bits per heavy atom. The SMILES string of the molecule is C=CCOC(=O)N[C@@H](CC)CC(=O)O. The third-order valence-electron chi connectivity index (χ3n) is 1.57. The number of hydrogen-bond acceptors (Lipinski definition) is 3. The summed E-state index contributed by atoms with van der Waals surface area (Å²) in [6.07, 6.45) is 1.28. The molecule has 2 N–H and O–H groups in total. The second kappa shape index (κ2) is 6.94. The van der Waals surface area contributed by atoms with Gasteiger partial charge in [0, 0.05) is 6.04 Å². The lowest BCUT2D eigenvalue weighted by molar-refractivity contribution is -0.137. The highest BCUT2D eigenvalue weighted by Crippen LogP contribution is 1.97. The van der Waals surface area contributed by atoms with Crippen LogP contribution in [0.2, 0.25) is 0 Å². The molecule has 0 aliphatic heterocycles. The number of hydrogen-bond donors (Lipinski definition) is 2. The van der Waals surface area contributed by atoms with E-state index in [-0.39, 0.29) is 19.1 Å². The zero-order chi connectivity index (χ0) is 11.0. The lowest BCUT2D eigenvalue weighted by Gasteiger charge is -2.13. The molecule has 0 fully saturated rings. The first kappa shape index (κ1) is 12.5. The quantitative estimate of drug-likeness (QED) is 0.632. The normalized spacial score (nSPS) is 11.5. The second-order valence-corrected chi connectivity index (χ2v) is 2.73. The number of amides is 1. The first-order valence-corrected chi connectivity index (χ1v) is 4.36. The fourth-order valence-electron chi connectivity index (χ4n) is 0.851. The lowest BCUT2D eigenvalue weighted by Crippen LogP contribution is -2.36. The van der Waals surface area contributed by atoms with Crippen LogP contribution in [0.25, 0.3) is 0 Å². The highest BCUT2D eigenvalue weighted by Gasteiger charge is 2.13. The Labute approximate surface area is 82.7 Å². The Morgan fingerprint density at radius 3 is 2.71 bits per heavy atom. The maximum absolute atomic E-state index is 11.0. The lowest BCUT2D eigenvalue weighted by atomic mass is 10.1. The molecule has 0 bridgehead atoms. The molecule has 0 aromatic rings. The first-order valence-electron chi connectivity index (χ1n) is 4.36. The van der Waals surface area contributed by atoms with E-state index in [0.717, 1.165) is 0 Å². The van der Waals surface area contributed by atoms with Crippen molar-refractivity contribution in [2.45, 2.75) is 25.8 Å². The average molecular weight is 201 g/mol. The van der Waals surface area contributed by atoms with Crippen molar-refractivity contribution in [2.75, 3.05) is 6.61 Å². The molecule has 0 aliphatic rings. The number of carboxylic acid groups (broad SMARTS) is 1. The number of ether oxygens (including phenoxy) is 1. The first-order chi connectivity index (χ1) is 6.60. The molecule has 80 valence electrons. The van der Waals surface area contributed by atoms with Crippen LogP contribution in [0.15, 0.2) is 12.7 Å². The van der Waals surface area contributed by atoms with Crippen molar-refractivity contribution in [3.05, 3.63) is 12.7 Å². The van der Waals surface area contributed by atoms with Crippen molar-refractivity contribution in [3.8, 4) is 0 Å². The van der Waals surface area contributed by atoms with Crippen LogP contribution >= 0.6 is 0 Å². The number of nitrogens with one attached hydrogen (secondary N) is 1. The van der Waals surface area contributed by atoms with Gasteiger partial charge >= 0.3 is 12.1 Å².